The summed E-state index contributed by atoms with van der Waals surface area (Å²) in [5.74, 6) is -0.0297. The molecule has 0 fully saturated rings. The van der Waals surface area contributed by atoms with E-state index in [0.29, 0.717) is 19.3 Å². The Morgan fingerprint density at radius 2 is 0.635 bits per heavy atom. The van der Waals surface area contributed by atoms with E-state index in [1.807, 2.05) is 0 Å². The first-order valence-corrected chi connectivity index (χ1v) is 22.9. The molecule has 6 heteroatoms. The number of carbonyl (C=O) groups excluding carboxylic acids is 3. The molecule has 0 aliphatic heterocycles. The lowest BCUT2D eigenvalue weighted by molar-refractivity contribution is -0.167. The Bertz CT molecular complexity index is 781. The number of rotatable bonds is 41. The highest BCUT2D eigenvalue weighted by molar-refractivity contribution is 5.71. The van der Waals surface area contributed by atoms with Crippen molar-refractivity contribution in [2.45, 2.75) is 259 Å². The van der Waals surface area contributed by atoms with Crippen molar-refractivity contribution in [3.63, 3.8) is 0 Å². The molecular formula is C46H88O6. The van der Waals surface area contributed by atoms with E-state index in [-0.39, 0.29) is 31.1 Å². The predicted molar refractivity (Wildman–Crippen MR) is 220 cm³/mol. The van der Waals surface area contributed by atoms with Crippen molar-refractivity contribution < 1.29 is 28.6 Å². The van der Waals surface area contributed by atoms with E-state index in [1.54, 1.807) is 0 Å². The Hall–Kier alpha value is -1.59. The second-order valence-electron chi connectivity index (χ2n) is 16.2. The standard InChI is InChI=1S/C46H88O6/c1-5-7-9-11-13-15-17-22-25-29-33-37-44(47)50-40-43(52-46(49)39-35-31-27-20-14-12-10-8-6-2)41-51-45(48)38-34-30-26-23-19-16-18-21-24-28-32-36-42(3)4/h42-43H,5-41H2,1-4H3/t43-/m0/s1. The van der Waals surface area contributed by atoms with Crippen molar-refractivity contribution in [1.82, 2.24) is 0 Å². The van der Waals surface area contributed by atoms with Gasteiger partial charge >= 0.3 is 17.9 Å². The smallest absolute Gasteiger partial charge is 0.306 e. The number of unbranched alkanes of at least 4 members (excludes halogenated alkanes) is 28. The van der Waals surface area contributed by atoms with Crippen LogP contribution >= 0.6 is 0 Å². The minimum atomic E-state index is -0.758. The molecule has 0 aromatic heterocycles. The quantitative estimate of drug-likeness (QED) is 0.0353. The molecule has 0 spiro atoms. The van der Waals surface area contributed by atoms with Gasteiger partial charge < -0.3 is 14.2 Å². The predicted octanol–water partition coefficient (Wildman–Crippen LogP) is 14.3. The minimum absolute atomic E-state index is 0.0639. The monoisotopic (exact) mass is 737 g/mol. The van der Waals surface area contributed by atoms with Gasteiger partial charge in [-0.1, -0.05) is 214 Å². The van der Waals surface area contributed by atoms with Gasteiger partial charge in [0.25, 0.3) is 0 Å². The highest BCUT2D eigenvalue weighted by atomic mass is 16.6. The van der Waals surface area contributed by atoms with Crippen LogP contribution in [-0.2, 0) is 28.6 Å². The molecule has 0 aromatic rings. The van der Waals surface area contributed by atoms with Gasteiger partial charge in [0.1, 0.15) is 13.2 Å². The number of esters is 3. The van der Waals surface area contributed by atoms with Crippen molar-refractivity contribution in [3.8, 4) is 0 Å². The van der Waals surface area contributed by atoms with Crippen LogP contribution in [0.25, 0.3) is 0 Å². The van der Waals surface area contributed by atoms with Crippen LogP contribution in [0.4, 0.5) is 0 Å². The first kappa shape index (κ1) is 50.4. The molecular weight excluding hydrogens is 648 g/mol. The molecule has 1 atom stereocenters. The summed E-state index contributed by atoms with van der Waals surface area (Å²) in [6.45, 7) is 8.97. The fraction of sp³-hybridized carbons (Fsp3) is 0.935. The molecule has 0 rings (SSSR count). The van der Waals surface area contributed by atoms with E-state index in [4.69, 9.17) is 14.2 Å². The number of ether oxygens (including phenoxy) is 3. The van der Waals surface area contributed by atoms with Crippen molar-refractivity contribution in [3.05, 3.63) is 0 Å². The van der Waals surface area contributed by atoms with Gasteiger partial charge in [-0.15, -0.1) is 0 Å². The molecule has 0 saturated heterocycles. The molecule has 0 radical (unpaired) electrons. The largest absolute Gasteiger partial charge is 0.462 e. The SMILES string of the molecule is CCCCCCCCCCCCCC(=O)OC[C@@H](COC(=O)CCCCCCCCCCCCCC(C)C)OC(=O)CCCCCCCCCCC. The number of hydrogen-bond donors (Lipinski definition) is 0. The van der Waals surface area contributed by atoms with Gasteiger partial charge in [0.15, 0.2) is 6.10 Å². The lowest BCUT2D eigenvalue weighted by Gasteiger charge is -2.18. The summed E-state index contributed by atoms with van der Waals surface area (Å²) in [7, 11) is 0. The first-order chi connectivity index (χ1) is 25.4. The minimum Gasteiger partial charge on any atom is -0.462 e. The summed E-state index contributed by atoms with van der Waals surface area (Å²) in [5, 5.41) is 0. The van der Waals surface area contributed by atoms with Crippen LogP contribution in [0.2, 0.25) is 0 Å². The summed E-state index contributed by atoms with van der Waals surface area (Å²) < 4.78 is 16.7. The molecule has 308 valence electrons. The second kappa shape index (κ2) is 40.6. The lowest BCUT2D eigenvalue weighted by Crippen LogP contribution is -2.30. The van der Waals surface area contributed by atoms with Crippen LogP contribution < -0.4 is 0 Å². The van der Waals surface area contributed by atoms with Crippen LogP contribution in [0.15, 0.2) is 0 Å². The zero-order valence-corrected chi connectivity index (χ0v) is 35.3. The fourth-order valence-electron chi connectivity index (χ4n) is 6.80. The molecule has 6 nitrogen and oxygen atoms in total. The molecule has 0 amide bonds. The Labute approximate surface area is 323 Å². The van der Waals surface area contributed by atoms with E-state index >= 15 is 0 Å². The molecule has 0 aliphatic rings. The number of carbonyl (C=O) groups is 3. The zero-order valence-electron chi connectivity index (χ0n) is 35.3. The molecule has 0 aromatic carbocycles. The van der Waals surface area contributed by atoms with E-state index in [1.165, 1.54) is 148 Å². The van der Waals surface area contributed by atoms with E-state index in [9.17, 15) is 14.4 Å². The molecule has 0 saturated carbocycles. The third-order valence-corrected chi connectivity index (χ3v) is 10.3. The Balaban J connectivity index is 4.29. The molecule has 0 aliphatic carbocycles. The highest BCUT2D eigenvalue weighted by Gasteiger charge is 2.19. The average Bonchev–Trinajstić information content (AvgIpc) is 3.12. The summed E-state index contributed by atoms with van der Waals surface area (Å²) in [6, 6.07) is 0. The Kier molecular flexibility index (Phi) is 39.4. The Morgan fingerprint density at radius 3 is 0.942 bits per heavy atom. The maximum absolute atomic E-state index is 12.7. The Morgan fingerprint density at radius 1 is 0.365 bits per heavy atom. The summed E-state index contributed by atoms with van der Waals surface area (Å²) in [5.41, 5.74) is 0. The molecule has 0 bridgehead atoms. The van der Waals surface area contributed by atoms with Crippen LogP contribution in [-0.4, -0.2) is 37.2 Å². The van der Waals surface area contributed by atoms with E-state index in [2.05, 4.69) is 27.7 Å². The van der Waals surface area contributed by atoms with Crippen molar-refractivity contribution in [2.75, 3.05) is 13.2 Å². The molecule has 0 unspecified atom stereocenters. The van der Waals surface area contributed by atoms with Gasteiger partial charge in [0.05, 0.1) is 0 Å². The van der Waals surface area contributed by atoms with Crippen molar-refractivity contribution in [2.24, 2.45) is 5.92 Å². The second-order valence-corrected chi connectivity index (χ2v) is 16.2. The van der Waals surface area contributed by atoms with Gasteiger partial charge in [0, 0.05) is 19.3 Å². The van der Waals surface area contributed by atoms with Crippen LogP contribution in [0.1, 0.15) is 252 Å². The van der Waals surface area contributed by atoms with Gasteiger partial charge in [0.2, 0.25) is 0 Å². The van der Waals surface area contributed by atoms with Crippen LogP contribution in [0.3, 0.4) is 0 Å². The lowest BCUT2D eigenvalue weighted by atomic mass is 10.0. The van der Waals surface area contributed by atoms with Crippen molar-refractivity contribution >= 4 is 17.9 Å². The van der Waals surface area contributed by atoms with Gasteiger partial charge in [-0.05, 0) is 25.2 Å². The maximum Gasteiger partial charge on any atom is 0.306 e. The summed E-state index contributed by atoms with van der Waals surface area (Å²) in [4.78, 5) is 37.6. The van der Waals surface area contributed by atoms with Crippen LogP contribution in [0.5, 0.6) is 0 Å². The third kappa shape index (κ3) is 39.6. The number of hydrogen-bond acceptors (Lipinski definition) is 6. The van der Waals surface area contributed by atoms with E-state index in [0.717, 1.165) is 63.7 Å². The zero-order chi connectivity index (χ0) is 38.2. The van der Waals surface area contributed by atoms with Gasteiger partial charge in [-0.2, -0.15) is 0 Å². The summed E-state index contributed by atoms with van der Waals surface area (Å²) in [6.07, 6.45) is 39.4. The molecule has 0 N–H and O–H groups in total. The maximum atomic E-state index is 12.7. The average molecular weight is 737 g/mol. The van der Waals surface area contributed by atoms with Gasteiger partial charge in [-0.3, -0.25) is 14.4 Å². The topological polar surface area (TPSA) is 78.9 Å². The fourth-order valence-corrected chi connectivity index (χ4v) is 6.80. The van der Waals surface area contributed by atoms with Crippen LogP contribution in [0, 0.1) is 5.92 Å². The van der Waals surface area contributed by atoms with Gasteiger partial charge in [-0.25, -0.2) is 0 Å². The third-order valence-electron chi connectivity index (χ3n) is 10.3. The molecule has 52 heavy (non-hydrogen) atoms. The van der Waals surface area contributed by atoms with E-state index < -0.39 is 6.10 Å². The first-order valence-electron chi connectivity index (χ1n) is 22.9. The highest BCUT2D eigenvalue weighted by Crippen LogP contribution is 2.16. The summed E-state index contributed by atoms with van der Waals surface area (Å²) >= 11 is 0. The normalized spacial score (nSPS) is 11.9. The molecule has 0 heterocycles. The van der Waals surface area contributed by atoms with Crippen molar-refractivity contribution in [1.29, 1.82) is 0 Å².